The van der Waals surface area contributed by atoms with Crippen LogP contribution in [-0.4, -0.2) is 25.5 Å². The minimum atomic E-state index is 0.218. The van der Waals surface area contributed by atoms with Crippen LogP contribution in [0.4, 0.5) is 0 Å². The first-order valence-electron chi connectivity index (χ1n) is 7.21. The van der Waals surface area contributed by atoms with Gasteiger partial charge in [-0.1, -0.05) is 31.9 Å². The standard InChI is InChI=1S/C17H24N2/c1-17(15-9-6-7-14(11-15)12-18)10-5-4-8-16(17)13-19(2)3/h6-7,9,11,16H,4-5,8,10,13H2,1-3H3/t16-,17-/m1/s1. The Balaban J connectivity index is 2.33. The van der Waals surface area contributed by atoms with Crippen molar-refractivity contribution >= 4 is 0 Å². The fourth-order valence-electron chi connectivity index (χ4n) is 3.46. The molecule has 0 spiro atoms. The number of nitriles is 1. The van der Waals surface area contributed by atoms with Gasteiger partial charge in [0.2, 0.25) is 0 Å². The van der Waals surface area contributed by atoms with E-state index in [4.69, 9.17) is 5.26 Å². The maximum absolute atomic E-state index is 9.10. The van der Waals surface area contributed by atoms with Crippen molar-refractivity contribution in [2.45, 2.75) is 38.0 Å². The molecule has 1 aliphatic rings. The summed E-state index contributed by atoms with van der Waals surface area (Å²) < 4.78 is 0. The van der Waals surface area contributed by atoms with Gasteiger partial charge in [-0.15, -0.1) is 0 Å². The van der Waals surface area contributed by atoms with Crippen LogP contribution < -0.4 is 0 Å². The first-order chi connectivity index (χ1) is 9.06. The molecule has 0 N–H and O–H groups in total. The zero-order valence-corrected chi connectivity index (χ0v) is 12.3. The largest absolute Gasteiger partial charge is 0.309 e. The van der Waals surface area contributed by atoms with Crippen molar-refractivity contribution in [3.63, 3.8) is 0 Å². The molecule has 0 unspecified atom stereocenters. The number of hydrogen-bond donors (Lipinski definition) is 0. The molecule has 1 aromatic rings. The number of rotatable bonds is 3. The topological polar surface area (TPSA) is 27.0 Å². The zero-order valence-electron chi connectivity index (χ0n) is 12.3. The van der Waals surface area contributed by atoms with Crippen LogP contribution in [0.15, 0.2) is 24.3 Å². The van der Waals surface area contributed by atoms with Gasteiger partial charge in [-0.05, 0) is 56.0 Å². The lowest BCUT2D eigenvalue weighted by molar-refractivity contribution is 0.160. The highest BCUT2D eigenvalue weighted by molar-refractivity contribution is 5.37. The molecule has 19 heavy (non-hydrogen) atoms. The van der Waals surface area contributed by atoms with E-state index in [-0.39, 0.29) is 5.41 Å². The summed E-state index contributed by atoms with van der Waals surface area (Å²) in [6.45, 7) is 3.52. The molecule has 1 aliphatic carbocycles. The Hall–Kier alpha value is -1.33. The molecule has 2 heteroatoms. The Morgan fingerprint density at radius 1 is 1.37 bits per heavy atom. The quantitative estimate of drug-likeness (QED) is 0.826. The smallest absolute Gasteiger partial charge is 0.0991 e. The second kappa shape index (κ2) is 5.75. The average Bonchev–Trinajstić information content (AvgIpc) is 2.41. The van der Waals surface area contributed by atoms with Crippen molar-refractivity contribution in [1.29, 1.82) is 5.26 Å². The molecular formula is C17H24N2. The van der Waals surface area contributed by atoms with Gasteiger partial charge in [-0.2, -0.15) is 5.26 Å². The highest BCUT2D eigenvalue weighted by atomic mass is 15.1. The van der Waals surface area contributed by atoms with Crippen LogP contribution in [-0.2, 0) is 5.41 Å². The van der Waals surface area contributed by atoms with Gasteiger partial charge in [0, 0.05) is 6.54 Å². The van der Waals surface area contributed by atoms with E-state index >= 15 is 0 Å². The fourth-order valence-corrected chi connectivity index (χ4v) is 3.46. The maximum Gasteiger partial charge on any atom is 0.0991 e. The third kappa shape index (κ3) is 2.98. The Morgan fingerprint density at radius 3 is 2.84 bits per heavy atom. The lowest BCUT2D eigenvalue weighted by Gasteiger charge is -2.43. The summed E-state index contributed by atoms with van der Waals surface area (Å²) in [5.41, 5.74) is 2.35. The normalized spacial score (nSPS) is 27.2. The summed E-state index contributed by atoms with van der Waals surface area (Å²) in [4.78, 5) is 2.29. The summed E-state index contributed by atoms with van der Waals surface area (Å²) in [6.07, 6.45) is 5.18. The molecule has 1 fully saturated rings. The molecule has 0 bridgehead atoms. The third-order valence-corrected chi connectivity index (χ3v) is 4.64. The van der Waals surface area contributed by atoms with Gasteiger partial charge in [0.1, 0.15) is 0 Å². The van der Waals surface area contributed by atoms with E-state index < -0.39 is 0 Å². The molecule has 2 rings (SSSR count). The second-order valence-electron chi connectivity index (χ2n) is 6.32. The van der Waals surface area contributed by atoms with Crippen molar-refractivity contribution in [2.75, 3.05) is 20.6 Å². The monoisotopic (exact) mass is 256 g/mol. The van der Waals surface area contributed by atoms with E-state index in [9.17, 15) is 0 Å². The maximum atomic E-state index is 9.10. The Morgan fingerprint density at radius 2 is 2.16 bits per heavy atom. The summed E-state index contributed by atoms with van der Waals surface area (Å²) in [5.74, 6) is 0.685. The van der Waals surface area contributed by atoms with Crippen molar-refractivity contribution < 1.29 is 0 Å². The van der Waals surface area contributed by atoms with Crippen LogP contribution in [0.5, 0.6) is 0 Å². The van der Waals surface area contributed by atoms with Crippen LogP contribution in [0, 0.1) is 17.2 Å². The molecule has 0 heterocycles. The Bertz CT molecular complexity index is 472. The predicted molar refractivity (Wildman–Crippen MR) is 79.0 cm³/mol. The summed E-state index contributed by atoms with van der Waals surface area (Å²) in [5, 5.41) is 9.10. The number of nitrogens with zero attached hydrogens (tertiary/aromatic N) is 2. The summed E-state index contributed by atoms with van der Waals surface area (Å²) >= 11 is 0. The molecule has 0 aliphatic heterocycles. The summed E-state index contributed by atoms with van der Waals surface area (Å²) in [7, 11) is 4.31. The molecule has 0 amide bonds. The van der Waals surface area contributed by atoms with Gasteiger partial charge in [-0.3, -0.25) is 0 Å². The number of benzene rings is 1. The van der Waals surface area contributed by atoms with Crippen molar-refractivity contribution in [2.24, 2.45) is 5.92 Å². The predicted octanol–water partition coefficient (Wildman–Crippen LogP) is 3.57. The van der Waals surface area contributed by atoms with Crippen LogP contribution >= 0.6 is 0 Å². The van der Waals surface area contributed by atoms with Gasteiger partial charge in [0.25, 0.3) is 0 Å². The highest BCUT2D eigenvalue weighted by Crippen LogP contribution is 2.43. The minimum Gasteiger partial charge on any atom is -0.309 e. The first kappa shape index (κ1) is 14.1. The van der Waals surface area contributed by atoms with Gasteiger partial charge in [-0.25, -0.2) is 0 Å². The lowest BCUT2D eigenvalue weighted by atomic mass is 9.63. The molecule has 0 aromatic heterocycles. The fraction of sp³-hybridized carbons (Fsp3) is 0.588. The molecule has 0 radical (unpaired) electrons. The lowest BCUT2D eigenvalue weighted by Crippen LogP contribution is -2.40. The molecule has 2 nitrogen and oxygen atoms in total. The van der Waals surface area contributed by atoms with E-state index in [0.717, 1.165) is 12.1 Å². The van der Waals surface area contributed by atoms with Crippen molar-refractivity contribution in [3.05, 3.63) is 35.4 Å². The molecule has 0 saturated heterocycles. The van der Waals surface area contributed by atoms with E-state index in [1.54, 1.807) is 0 Å². The van der Waals surface area contributed by atoms with E-state index in [0.29, 0.717) is 5.92 Å². The second-order valence-corrected chi connectivity index (χ2v) is 6.32. The van der Waals surface area contributed by atoms with E-state index in [1.165, 1.54) is 31.2 Å². The van der Waals surface area contributed by atoms with Gasteiger partial charge >= 0.3 is 0 Å². The molecule has 1 aromatic carbocycles. The van der Waals surface area contributed by atoms with E-state index in [1.807, 2.05) is 12.1 Å². The number of hydrogen-bond acceptors (Lipinski definition) is 2. The van der Waals surface area contributed by atoms with Crippen LogP contribution in [0.3, 0.4) is 0 Å². The van der Waals surface area contributed by atoms with Gasteiger partial charge in [0.15, 0.2) is 0 Å². The SMILES string of the molecule is CN(C)C[C@H]1CCCC[C@]1(C)c1cccc(C#N)c1. The first-order valence-corrected chi connectivity index (χ1v) is 7.21. The average molecular weight is 256 g/mol. The van der Waals surface area contributed by atoms with Crippen molar-refractivity contribution in [3.8, 4) is 6.07 Å². The van der Waals surface area contributed by atoms with E-state index in [2.05, 4.69) is 44.1 Å². The molecule has 2 atom stereocenters. The summed E-state index contributed by atoms with van der Waals surface area (Å²) in [6, 6.07) is 10.5. The molecular weight excluding hydrogens is 232 g/mol. The van der Waals surface area contributed by atoms with Gasteiger partial charge in [0.05, 0.1) is 11.6 Å². The third-order valence-electron chi connectivity index (χ3n) is 4.64. The van der Waals surface area contributed by atoms with Crippen LogP contribution in [0.25, 0.3) is 0 Å². The van der Waals surface area contributed by atoms with Crippen LogP contribution in [0.1, 0.15) is 43.7 Å². The molecule has 102 valence electrons. The Kier molecular flexibility index (Phi) is 4.27. The Labute approximate surface area is 117 Å². The highest BCUT2D eigenvalue weighted by Gasteiger charge is 2.38. The molecule has 1 saturated carbocycles. The van der Waals surface area contributed by atoms with Crippen LogP contribution in [0.2, 0.25) is 0 Å². The zero-order chi connectivity index (χ0) is 13.9. The van der Waals surface area contributed by atoms with Crippen molar-refractivity contribution in [1.82, 2.24) is 4.90 Å². The minimum absolute atomic E-state index is 0.218. The van der Waals surface area contributed by atoms with Gasteiger partial charge < -0.3 is 4.90 Å².